The fourth-order valence-corrected chi connectivity index (χ4v) is 14.9. The summed E-state index contributed by atoms with van der Waals surface area (Å²) >= 11 is 0. The van der Waals surface area contributed by atoms with Gasteiger partial charge in [-0.05, 0) is 72.4 Å². The second kappa shape index (κ2) is 26.9. The monoisotopic (exact) mass is 921 g/mol. The van der Waals surface area contributed by atoms with Gasteiger partial charge in [-0.3, -0.25) is 4.79 Å². The Kier molecular flexibility index (Phi) is 23.9. The molecular formula is C52H84O8Si3. The summed E-state index contributed by atoms with van der Waals surface area (Å²) in [6.45, 7) is 34.9. The van der Waals surface area contributed by atoms with E-state index in [0.717, 1.165) is 17.2 Å². The first-order valence-corrected chi connectivity index (χ1v) is 31.1. The first kappa shape index (κ1) is 56.2. The first-order valence-electron chi connectivity index (χ1n) is 22.6. The number of esters is 1. The molecule has 0 radical (unpaired) electrons. The van der Waals surface area contributed by atoms with Crippen LogP contribution in [0.3, 0.4) is 0 Å². The predicted octanol–water partition coefficient (Wildman–Crippen LogP) is 11.9. The van der Waals surface area contributed by atoms with Crippen molar-refractivity contribution in [3.63, 3.8) is 0 Å². The van der Waals surface area contributed by atoms with Crippen LogP contribution in [-0.2, 0) is 37.3 Å². The van der Waals surface area contributed by atoms with Crippen molar-refractivity contribution in [2.45, 2.75) is 148 Å². The van der Waals surface area contributed by atoms with E-state index >= 15 is 0 Å². The molecular weight excluding hydrogens is 837 g/mol. The van der Waals surface area contributed by atoms with Crippen LogP contribution in [0.4, 0.5) is 0 Å². The molecule has 2 aromatic rings. The molecule has 2 rings (SSSR count). The molecule has 0 saturated heterocycles. The summed E-state index contributed by atoms with van der Waals surface area (Å²) in [5.41, 5.74) is 3.30. The predicted molar refractivity (Wildman–Crippen MR) is 272 cm³/mol. The Morgan fingerprint density at radius 1 is 0.746 bits per heavy atom. The second-order valence-corrected chi connectivity index (χ2v) is 35.1. The van der Waals surface area contributed by atoms with E-state index in [2.05, 4.69) is 168 Å². The maximum absolute atomic E-state index is 13.7. The van der Waals surface area contributed by atoms with Crippen molar-refractivity contribution in [2.24, 2.45) is 0 Å². The van der Waals surface area contributed by atoms with Gasteiger partial charge in [0.1, 0.15) is 19.7 Å². The zero-order valence-electron chi connectivity index (χ0n) is 41.8. The van der Waals surface area contributed by atoms with Crippen LogP contribution in [0, 0.1) is 0 Å². The number of allylic oxidation sites excluding steroid dienone is 2. The molecule has 0 heterocycles. The molecule has 0 fully saturated rings. The van der Waals surface area contributed by atoms with Crippen LogP contribution < -0.4 is 10.4 Å². The highest BCUT2D eigenvalue weighted by molar-refractivity contribution is 6.99. The molecule has 2 aromatic carbocycles. The highest BCUT2D eigenvalue weighted by Crippen LogP contribution is 2.39. The SMILES string of the molecule is C=C(C[C@@H](/C=C(\C)C[C@@H](CO[Si](c1ccccc1)(c1ccccc1)C(C)(C)C)OCOC)OC(=O)C/C=C/C(C/C(C)=C\C=C\COCOC)O[Si](C)(C)C(C)(C)C)C[Si](C)(C)C. The molecule has 0 aliphatic rings. The largest absolute Gasteiger partial charge is 0.458 e. The summed E-state index contributed by atoms with van der Waals surface area (Å²) in [5.74, 6) is -0.291. The van der Waals surface area contributed by atoms with Crippen LogP contribution in [0.2, 0.25) is 48.9 Å². The highest BCUT2D eigenvalue weighted by Gasteiger charge is 2.50. The quantitative estimate of drug-likeness (QED) is 0.0208. The highest BCUT2D eigenvalue weighted by atomic mass is 28.4. The first-order chi connectivity index (χ1) is 29.4. The molecule has 1 unspecified atom stereocenters. The molecule has 0 N–H and O–H groups in total. The van der Waals surface area contributed by atoms with Crippen molar-refractivity contribution in [3.05, 3.63) is 120 Å². The zero-order chi connectivity index (χ0) is 47.3. The number of hydrogen-bond acceptors (Lipinski definition) is 8. The van der Waals surface area contributed by atoms with Crippen molar-refractivity contribution < 1.29 is 37.3 Å². The van der Waals surface area contributed by atoms with Crippen molar-refractivity contribution in [1.29, 1.82) is 0 Å². The fourth-order valence-electron chi connectivity index (χ4n) is 7.41. The molecule has 11 heteroatoms. The molecule has 0 aliphatic carbocycles. The average molecular weight is 921 g/mol. The Labute approximate surface area is 386 Å². The van der Waals surface area contributed by atoms with Gasteiger partial charge in [-0.25, -0.2) is 0 Å². The molecule has 63 heavy (non-hydrogen) atoms. The van der Waals surface area contributed by atoms with E-state index in [9.17, 15) is 4.79 Å². The molecule has 0 amide bonds. The minimum atomic E-state index is -2.81. The minimum Gasteiger partial charge on any atom is -0.458 e. The Hall–Kier alpha value is -2.98. The maximum atomic E-state index is 13.7. The van der Waals surface area contributed by atoms with E-state index in [1.807, 2.05) is 24.3 Å². The molecule has 0 aromatic heterocycles. The lowest BCUT2D eigenvalue weighted by molar-refractivity contribution is -0.145. The van der Waals surface area contributed by atoms with Gasteiger partial charge in [0, 0.05) is 28.7 Å². The summed E-state index contributed by atoms with van der Waals surface area (Å²) in [4.78, 5) is 13.7. The van der Waals surface area contributed by atoms with Gasteiger partial charge < -0.3 is 32.5 Å². The smallest absolute Gasteiger partial charge is 0.310 e. The second-order valence-electron chi connectivity index (χ2n) is 20.6. The van der Waals surface area contributed by atoms with Gasteiger partial charge >= 0.3 is 5.97 Å². The molecule has 0 saturated carbocycles. The normalized spacial score (nSPS) is 15.2. The number of methoxy groups -OCH3 is 2. The van der Waals surface area contributed by atoms with E-state index in [1.54, 1.807) is 14.2 Å². The Bertz CT molecular complexity index is 1730. The molecule has 352 valence electrons. The van der Waals surface area contributed by atoms with Crippen molar-refractivity contribution in [3.8, 4) is 0 Å². The standard InChI is InChI=1S/C52H84O8Si3/c1-42(26-23-24-33-56-40-54-10)34-45(60-62(15,16)51(4,5)6)27-25-32-50(53)59-46(37-44(3)39-61(12,13)14)35-43(2)36-47(57-41-55-11)38-58-63(52(7,8)9,48-28-19-17-20-29-48)49-30-21-18-22-31-49/h17-31,35,45-47H,3,32-34,36-41H2,1-2,4-16H3/b24-23+,27-25+,42-26-,43-35+/t45?,46-,47+/m1/s1. The number of carbonyl (C=O) groups excluding carboxylic acids is 1. The molecule has 8 nitrogen and oxygen atoms in total. The summed E-state index contributed by atoms with van der Waals surface area (Å²) < 4.78 is 42.5. The lowest BCUT2D eigenvalue weighted by Crippen LogP contribution is -2.67. The zero-order valence-corrected chi connectivity index (χ0v) is 44.8. The number of ether oxygens (including phenoxy) is 5. The lowest BCUT2D eigenvalue weighted by Gasteiger charge is -2.43. The molecule has 0 spiro atoms. The van der Waals surface area contributed by atoms with Crippen LogP contribution in [0.5, 0.6) is 0 Å². The molecule has 0 aliphatic heterocycles. The van der Waals surface area contributed by atoms with E-state index in [1.165, 1.54) is 15.9 Å². The van der Waals surface area contributed by atoms with E-state index in [-0.39, 0.29) is 48.3 Å². The Morgan fingerprint density at radius 2 is 1.33 bits per heavy atom. The molecule has 0 bridgehead atoms. The third-order valence-electron chi connectivity index (χ3n) is 11.2. The van der Waals surface area contributed by atoms with Gasteiger partial charge in [-0.1, -0.05) is 176 Å². The van der Waals surface area contributed by atoms with Gasteiger partial charge in [0.05, 0.1) is 31.8 Å². The summed E-state index contributed by atoms with van der Waals surface area (Å²) in [5, 5.41) is 2.28. The Morgan fingerprint density at radius 3 is 1.86 bits per heavy atom. The van der Waals surface area contributed by atoms with Gasteiger partial charge in [-0.2, -0.15) is 0 Å². The van der Waals surface area contributed by atoms with Gasteiger partial charge in [0.2, 0.25) is 0 Å². The molecule has 3 atom stereocenters. The Balaban J connectivity index is 2.39. The van der Waals surface area contributed by atoms with E-state index in [0.29, 0.717) is 32.5 Å². The number of hydrogen-bond donors (Lipinski definition) is 0. The topological polar surface area (TPSA) is 81.7 Å². The van der Waals surface area contributed by atoms with Gasteiger partial charge in [0.25, 0.3) is 8.32 Å². The third-order valence-corrected chi connectivity index (χ3v) is 22.3. The summed E-state index contributed by atoms with van der Waals surface area (Å²) in [6.07, 6.45) is 13.1. The summed E-state index contributed by atoms with van der Waals surface area (Å²) in [7, 11) is -3.14. The van der Waals surface area contributed by atoms with Crippen LogP contribution in [-0.4, -0.2) is 90.0 Å². The average Bonchev–Trinajstić information content (AvgIpc) is 3.17. The van der Waals surface area contributed by atoms with Crippen molar-refractivity contribution in [1.82, 2.24) is 0 Å². The van der Waals surface area contributed by atoms with Crippen LogP contribution in [0.15, 0.2) is 120 Å². The third kappa shape index (κ3) is 20.4. The van der Waals surface area contributed by atoms with E-state index in [4.69, 9.17) is 32.5 Å². The number of benzene rings is 2. The van der Waals surface area contributed by atoms with Crippen molar-refractivity contribution >= 4 is 41.1 Å². The van der Waals surface area contributed by atoms with Gasteiger partial charge in [-0.15, -0.1) is 0 Å². The van der Waals surface area contributed by atoms with Crippen molar-refractivity contribution in [2.75, 3.05) is 41.0 Å². The minimum absolute atomic E-state index is 0.0329. The lowest BCUT2D eigenvalue weighted by atomic mass is 10.0. The fraction of sp³-hybridized carbons (Fsp3) is 0.558. The van der Waals surface area contributed by atoms with E-state index < -0.39 is 30.8 Å². The maximum Gasteiger partial charge on any atom is 0.310 e. The van der Waals surface area contributed by atoms with Crippen LogP contribution in [0.25, 0.3) is 0 Å². The number of rotatable bonds is 28. The summed E-state index contributed by atoms with van der Waals surface area (Å²) in [6, 6.07) is 22.2. The van der Waals surface area contributed by atoms with Crippen LogP contribution >= 0.6 is 0 Å². The number of carbonyl (C=O) groups is 1. The van der Waals surface area contributed by atoms with Gasteiger partial charge in [0.15, 0.2) is 8.32 Å². The van der Waals surface area contributed by atoms with Crippen LogP contribution in [0.1, 0.15) is 81.1 Å².